The average Bonchev–Trinajstić information content (AvgIpc) is 2.37. The van der Waals surface area contributed by atoms with Gasteiger partial charge in [0.15, 0.2) is 0 Å². The van der Waals surface area contributed by atoms with Crippen LogP contribution in [0.5, 0.6) is 0 Å². The maximum atomic E-state index is 10.5. The van der Waals surface area contributed by atoms with E-state index in [0.29, 0.717) is 19.4 Å². The Bertz CT molecular complexity index is 294. The second-order valence-corrected chi connectivity index (χ2v) is 4.21. The van der Waals surface area contributed by atoms with Crippen LogP contribution in [0.4, 0.5) is 0 Å². The molecule has 0 aromatic rings. The number of Topliss-reactive ketones (excluding diaryl/α,β-unsaturated/α-hetero) is 1. The number of carboxylic acids is 2. The van der Waals surface area contributed by atoms with E-state index >= 15 is 0 Å². The fraction of sp³-hybridized carbons (Fsp3) is 0.750. The first-order valence-corrected chi connectivity index (χ1v) is 6.23. The number of ketones is 1. The van der Waals surface area contributed by atoms with Crippen LogP contribution in [0, 0.1) is 5.92 Å². The van der Waals surface area contributed by atoms with Gasteiger partial charge in [0.1, 0.15) is 6.04 Å². The van der Waals surface area contributed by atoms with Crippen LogP contribution in [0.2, 0.25) is 0 Å². The molecule has 0 rings (SSSR count). The lowest BCUT2D eigenvalue weighted by molar-refractivity contribution is -0.150. The lowest BCUT2D eigenvalue weighted by Crippen LogP contribution is -2.29. The Kier molecular flexibility index (Phi) is 12.1. The van der Waals surface area contributed by atoms with Crippen molar-refractivity contribution in [2.75, 3.05) is 6.54 Å². The number of aliphatic carboxylic acids is 2. The van der Waals surface area contributed by atoms with E-state index < -0.39 is 23.8 Å². The summed E-state index contributed by atoms with van der Waals surface area (Å²) >= 11 is 0. The van der Waals surface area contributed by atoms with Crippen LogP contribution in [0.25, 0.3) is 0 Å². The van der Waals surface area contributed by atoms with Gasteiger partial charge in [-0.3, -0.25) is 9.59 Å². The van der Waals surface area contributed by atoms with Crippen LogP contribution >= 0.6 is 0 Å². The highest BCUT2D eigenvalue weighted by Crippen LogP contribution is 2.01. The fourth-order valence-electron chi connectivity index (χ4n) is 1.03. The smallest absolute Gasteiger partial charge is 0.372 e. The quantitative estimate of drug-likeness (QED) is 0.366. The summed E-state index contributed by atoms with van der Waals surface area (Å²) in [5.74, 6) is -3.30. The number of hydrogen-bond acceptors (Lipinski definition) is 5. The third-order valence-corrected chi connectivity index (χ3v) is 2.56. The molecule has 112 valence electrons. The van der Waals surface area contributed by atoms with E-state index in [-0.39, 0.29) is 5.92 Å². The van der Waals surface area contributed by atoms with E-state index in [9.17, 15) is 14.4 Å². The number of carbonyl (C=O) groups is 3. The van der Waals surface area contributed by atoms with Crippen molar-refractivity contribution in [3.05, 3.63) is 0 Å². The van der Waals surface area contributed by atoms with Gasteiger partial charge in [-0.15, -0.1) is 0 Å². The third kappa shape index (κ3) is 11.4. The predicted molar refractivity (Wildman–Crippen MR) is 70.6 cm³/mol. The average molecular weight is 276 g/mol. The first-order valence-electron chi connectivity index (χ1n) is 6.23. The van der Waals surface area contributed by atoms with Gasteiger partial charge in [-0.05, 0) is 25.8 Å². The van der Waals surface area contributed by atoms with E-state index in [1.54, 1.807) is 13.8 Å². The van der Waals surface area contributed by atoms with Crippen LogP contribution in [-0.2, 0) is 14.4 Å². The fourth-order valence-corrected chi connectivity index (χ4v) is 1.03. The standard InChI is InChI=1S/C6H14N2O2.C6H10O3/c7-4-2-1-3-5(8)6(9)10;1-3-4(2)5(7)6(8)9/h5H,1-4,7-8H2,(H,9,10);4H,3H2,1-2H3,(H,8,9)/t5-;/m0./s1. The number of carbonyl (C=O) groups excluding carboxylic acids is 1. The zero-order chi connectivity index (χ0) is 15.4. The van der Waals surface area contributed by atoms with Crippen molar-refractivity contribution < 1.29 is 24.6 Å². The molecule has 7 heteroatoms. The van der Waals surface area contributed by atoms with Crippen molar-refractivity contribution in [1.82, 2.24) is 0 Å². The maximum absolute atomic E-state index is 10.5. The molecule has 0 amide bonds. The number of carboxylic acid groups (broad SMARTS) is 2. The van der Waals surface area contributed by atoms with Gasteiger partial charge < -0.3 is 21.7 Å². The molecule has 0 saturated heterocycles. The van der Waals surface area contributed by atoms with E-state index in [4.69, 9.17) is 21.7 Å². The molecule has 6 N–H and O–H groups in total. The van der Waals surface area contributed by atoms with Crippen LogP contribution in [-0.4, -0.2) is 40.5 Å². The molecule has 19 heavy (non-hydrogen) atoms. The van der Waals surface area contributed by atoms with Gasteiger partial charge in [-0.1, -0.05) is 20.3 Å². The van der Waals surface area contributed by atoms with Crippen LogP contribution in [0.1, 0.15) is 39.5 Å². The number of nitrogens with two attached hydrogens (primary N) is 2. The lowest BCUT2D eigenvalue weighted by atomic mass is 10.0. The molecule has 0 radical (unpaired) electrons. The minimum atomic E-state index is -1.33. The Morgan fingerprint density at radius 2 is 1.68 bits per heavy atom. The summed E-state index contributed by atoms with van der Waals surface area (Å²) in [6.07, 6.45) is 2.75. The zero-order valence-electron chi connectivity index (χ0n) is 11.5. The lowest BCUT2D eigenvalue weighted by Gasteiger charge is -2.03. The summed E-state index contributed by atoms with van der Waals surface area (Å²) in [7, 11) is 0. The molecule has 0 aliphatic heterocycles. The summed E-state index contributed by atoms with van der Waals surface area (Å²) < 4.78 is 0. The largest absolute Gasteiger partial charge is 0.480 e. The van der Waals surface area contributed by atoms with E-state index in [1.807, 2.05) is 0 Å². The molecule has 0 fully saturated rings. The highest BCUT2D eigenvalue weighted by atomic mass is 16.4. The van der Waals surface area contributed by atoms with Gasteiger partial charge in [0.2, 0.25) is 5.78 Å². The van der Waals surface area contributed by atoms with Crippen LogP contribution < -0.4 is 11.5 Å². The minimum Gasteiger partial charge on any atom is -0.480 e. The minimum absolute atomic E-state index is 0.345. The number of hydrogen-bond donors (Lipinski definition) is 4. The summed E-state index contributed by atoms with van der Waals surface area (Å²) in [6.45, 7) is 3.99. The van der Waals surface area contributed by atoms with Crippen molar-refractivity contribution >= 4 is 17.7 Å². The van der Waals surface area contributed by atoms with Crippen molar-refractivity contribution in [3.63, 3.8) is 0 Å². The summed E-state index contributed by atoms with van der Waals surface area (Å²) in [4.78, 5) is 30.6. The van der Waals surface area contributed by atoms with Crippen LogP contribution in [0.15, 0.2) is 0 Å². The van der Waals surface area contributed by atoms with Gasteiger partial charge in [0, 0.05) is 5.92 Å². The molecule has 0 aliphatic rings. The molecule has 0 saturated carbocycles. The molecule has 2 atom stereocenters. The first-order chi connectivity index (χ1) is 8.77. The Morgan fingerprint density at radius 1 is 1.16 bits per heavy atom. The SMILES string of the molecule is CCC(C)C(=O)C(=O)O.NCCCC[C@H](N)C(=O)O. The third-order valence-electron chi connectivity index (χ3n) is 2.56. The molecule has 1 unspecified atom stereocenters. The van der Waals surface area contributed by atoms with Gasteiger partial charge in [-0.2, -0.15) is 0 Å². The van der Waals surface area contributed by atoms with E-state index in [0.717, 1.165) is 12.8 Å². The molecule has 0 aliphatic carbocycles. The Balaban J connectivity index is 0. The van der Waals surface area contributed by atoms with E-state index in [1.165, 1.54) is 0 Å². The van der Waals surface area contributed by atoms with Crippen LogP contribution in [0.3, 0.4) is 0 Å². The topological polar surface area (TPSA) is 144 Å². The summed E-state index contributed by atoms with van der Waals surface area (Å²) in [6, 6.07) is -0.716. The maximum Gasteiger partial charge on any atom is 0.372 e. The summed E-state index contributed by atoms with van der Waals surface area (Å²) in [5.41, 5.74) is 10.4. The monoisotopic (exact) mass is 276 g/mol. The molecule has 0 spiro atoms. The molecule has 0 heterocycles. The predicted octanol–water partition coefficient (Wildman–Crippen LogP) is 0.214. The summed E-state index contributed by atoms with van der Waals surface area (Å²) in [5, 5.41) is 16.5. The second kappa shape index (κ2) is 11.6. The Hall–Kier alpha value is -1.47. The first kappa shape index (κ1) is 19.9. The highest BCUT2D eigenvalue weighted by Gasteiger charge is 2.17. The van der Waals surface area contributed by atoms with Gasteiger partial charge in [0.25, 0.3) is 0 Å². The molecular formula is C12H24N2O5. The normalized spacial score (nSPS) is 12.8. The molecular weight excluding hydrogens is 252 g/mol. The van der Waals surface area contributed by atoms with Gasteiger partial charge in [-0.25, -0.2) is 4.79 Å². The van der Waals surface area contributed by atoms with Crippen molar-refractivity contribution in [3.8, 4) is 0 Å². The van der Waals surface area contributed by atoms with Crippen molar-refractivity contribution in [2.45, 2.75) is 45.6 Å². The zero-order valence-corrected chi connectivity index (χ0v) is 11.5. The molecule has 0 aromatic carbocycles. The Morgan fingerprint density at radius 3 is 1.95 bits per heavy atom. The van der Waals surface area contributed by atoms with Gasteiger partial charge in [0.05, 0.1) is 0 Å². The Labute approximate surface area is 113 Å². The number of rotatable bonds is 8. The van der Waals surface area contributed by atoms with Crippen molar-refractivity contribution in [1.29, 1.82) is 0 Å². The second-order valence-electron chi connectivity index (χ2n) is 4.21. The van der Waals surface area contributed by atoms with Crippen molar-refractivity contribution in [2.24, 2.45) is 17.4 Å². The molecule has 0 bridgehead atoms. The molecule has 0 aromatic heterocycles. The highest BCUT2D eigenvalue weighted by molar-refractivity contribution is 6.33. The van der Waals surface area contributed by atoms with Gasteiger partial charge >= 0.3 is 11.9 Å². The number of unbranched alkanes of at least 4 members (excludes halogenated alkanes) is 1. The molecule has 7 nitrogen and oxygen atoms in total. The van der Waals surface area contributed by atoms with E-state index in [2.05, 4.69) is 0 Å².